The first-order chi connectivity index (χ1) is 14.0. The zero-order valence-electron chi connectivity index (χ0n) is 16.3. The number of hydrogen-bond donors (Lipinski definition) is 1. The van der Waals surface area contributed by atoms with Crippen LogP contribution in [0.25, 0.3) is 5.82 Å². The van der Waals surface area contributed by atoms with Crippen LogP contribution in [0, 0.1) is 19.7 Å². The molecule has 1 aromatic carbocycles. The van der Waals surface area contributed by atoms with Gasteiger partial charge >= 0.3 is 6.03 Å². The minimum Gasteiger partial charge on any atom is -0.352 e. The number of aryl methyl sites for hydroxylation is 2. The largest absolute Gasteiger partial charge is 0.352 e. The van der Waals surface area contributed by atoms with E-state index in [4.69, 9.17) is 0 Å². The van der Waals surface area contributed by atoms with E-state index in [-0.39, 0.29) is 11.8 Å². The molecule has 8 nitrogen and oxygen atoms in total. The van der Waals surface area contributed by atoms with Crippen molar-refractivity contribution in [3.05, 3.63) is 59.7 Å². The number of halogens is 1. The number of carbonyl (C=O) groups excluding carboxylic acids is 1. The predicted octanol–water partition coefficient (Wildman–Crippen LogP) is 2.77. The molecule has 1 saturated heterocycles. The minimum absolute atomic E-state index is 0.233. The molecule has 1 aliphatic rings. The molecule has 2 aromatic heterocycles. The molecule has 29 heavy (non-hydrogen) atoms. The first-order valence-corrected chi connectivity index (χ1v) is 9.43. The number of nitrogens with zero attached hydrogens (tertiary/aromatic N) is 6. The fourth-order valence-corrected chi connectivity index (χ4v) is 3.16. The van der Waals surface area contributed by atoms with E-state index in [1.54, 1.807) is 28.6 Å². The molecule has 0 aliphatic carbocycles. The lowest BCUT2D eigenvalue weighted by Gasteiger charge is -2.35. The Labute approximate surface area is 168 Å². The Balaban J connectivity index is 1.34. The van der Waals surface area contributed by atoms with Crippen molar-refractivity contribution in [3.8, 4) is 5.82 Å². The van der Waals surface area contributed by atoms with E-state index in [0.717, 1.165) is 11.5 Å². The number of piperazine rings is 1. The number of anilines is 2. The summed E-state index contributed by atoms with van der Waals surface area (Å²) in [6.07, 6.45) is 1.84. The standard InChI is InChI=1S/C20H22FN7O/c1-14-3-4-16(13-17(14)21)22-20(29)27-11-9-26(10-12-27)18-5-6-19(24-23-18)28-8-7-15(2)25-28/h3-8,13H,9-12H2,1-2H3,(H,22,29). The highest BCUT2D eigenvalue weighted by molar-refractivity contribution is 5.89. The average Bonchev–Trinajstić information content (AvgIpc) is 3.17. The summed E-state index contributed by atoms with van der Waals surface area (Å²) in [5.41, 5.74) is 1.92. The van der Waals surface area contributed by atoms with Crippen LogP contribution in [0.4, 0.5) is 20.7 Å². The van der Waals surface area contributed by atoms with Crippen LogP contribution in [0.3, 0.4) is 0 Å². The molecular formula is C20H22FN7O. The van der Waals surface area contributed by atoms with Gasteiger partial charge in [0.25, 0.3) is 0 Å². The summed E-state index contributed by atoms with van der Waals surface area (Å²) < 4.78 is 15.3. The normalized spacial score (nSPS) is 14.2. The Bertz CT molecular complexity index is 1010. The van der Waals surface area contributed by atoms with Crippen LogP contribution in [0.15, 0.2) is 42.6 Å². The van der Waals surface area contributed by atoms with E-state index in [0.29, 0.717) is 43.2 Å². The molecule has 2 amide bonds. The molecule has 4 rings (SSSR count). The second-order valence-corrected chi connectivity index (χ2v) is 7.02. The summed E-state index contributed by atoms with van der Waals surface area (Å²) in [5.74, 6) is 1.09. The molecule has 1 fully saturated rings. The Morgan fingerprint density at radius 1 is 1.00 bits per heavy atom. The van der Waals surface area contributed by atoms with Crippen molar-refractivity contribution in [2.75, 3.05) is 36.4 Å². The number of benzene rings is 1. The van der Waals surface area contributed by atoms with Crippen LogP contribution in [0.1, 0.15) is 11.3 Å². The van der Waals surface area contributed by atoms with E-state index < -0.39 is 0 Å². The Hall–Kier alpha value is -3.49. The topological polar surface area (TPSA) is 79.2 Å². The van der Waals surface area contributed by atoms with Crippen LogP contribution < -0.4 is 10.2 Å². The number of carbonyl (C=O) groups is 1. The van der Waals surface area contributed by atoms with Gasteiger partial charge in [0.05, 0.1) is 5.69 Å². The third-order valence-corrected chi connectivity index (χ3v) is 4.91. The Morgan fingerprint density at radius 3 is 2.34 bits per heavy atom. The summed E-state index contributed by atoms with van der Waals surface area (Å²) in [4.78, 5) is 16.2. The molecule has 9 heteroatoms. The lowest BCUT2D eigenvalue weighted by molar-refractivity contribution is 0.208. The average molecular weight is 395 g/mol. The summed E-state index contributed by atoms with van der Waals surface area (Å²) >= 11 is 0. The number of rotatable bonds is 3. The monoisotopic (exact) mass is 395 g/mol. The molecule has 0 unspecified atom stereocenters. The SMILES string of the molecule is Cc1ccn(-c2ccc(N3CCN(C(=O)Nc4ccc(C)c(F)c4)CC3)nn2)n1. The first kappa shape index (κ1) is 18.9. The molecule has 0 bridgehead atoms. The Kier molecular flexibility index (Phi) is 5.11. The predicted molar refractivity (Wildman–Crippen MR) is 108 cm³/mol. The van der Waals surface area contributed by atoms with Gasteiger partial charge in [-0.25, -0.2) is 13.9 Å². The van der Waals surface area contributed by atoms with Crippen molar-refractivity contribution in [2.45, 2.75) is 13.8 Å². The van der Waals surface area contributed by atoms with Crippen molar-refractivity contribution >= 4 is 17.5 Å². The third-order valence-electron chi connectivity index (χ3n) is 4.91. The zero-order valence-corrected chi connectivity index (χ0v) is 16.3. The van der Waals surface area contributed by atoms with E-state index >= 15 is 0 Å². The lowest BCUT2D eigenvalue weighted by atomic mass is 10.2. The van der Waals surface area contributed by atoms with Gasteiger partial charge in [-0.15, -0.1) is 10.2 Å². The molecule has 0 saturated carbocycles. The smallest absolute Gasteiger partial charge is 0.321 e. The van der Waals surface area contributed by atoms with E-state index in [2.05, 4.69) is 25.5 Å². The molecule has 1 aliphatic heterocycles. The van der Waals surface area contributed by atoms with Crippen molar-refractivity contribution in [1.29, 1.82) is 0 Å². The van der Waals surface area contributed by atoms with Crippen LogP contribution in [0.5, 0.6) is 0 Å². The van der Waals surface area contributed by atoms with Crippen LogP contribution in [0.2, 0.25) is 0 Å². The first-order valence-electron chi connectivity index (χ1n) is 9.43. The second-order valence-electron chi connectivity index (χ2n) is 7.02. The molecule has 3 aromatic rings. The van der Waals surface area contributed by atoms with Crippen LogP contribution in [-0.4, -0.2) is 57.1 Å². The maximum atomic E-state index is 13.7. The quantitative estimate of drug-likeness (QED) is 0.738. The molecule has 1 N–H and O–H groups in total. The Morgan fingerprint density at radius 2 is 1.72 bits per heavy atom. The number of hydrogen-bond acceptors (Lipinski definition) is 5. The number of urea groups is 1. The second kappa shape index (κ2) is 7.86. The molecular weight excluding hydrogens is 373 g/mol. The number of nitrogens with one attached hydrogen (secondary N) is 1. The maximum absolute atomic E-state index is 13.7. The zero-order chi connectivity index (χ0) is 20.4. The molecule has 0 spiro atoms. The highest BCUT2D eigenvalue weighted by atomic mass is 19.1. The van der Waals surface area contributed by atoms with Crippen molar-refractivity contribution < 1.29 is 9.18 Å². The van der Waals surface area contributed by atoms with Gasteiger partial charge in [0.1, 0.15) is 5.82 Å². The van der Waals surface area contributed by atoms with Crippen molar-refractivity contribution in [2.24, 2.45) is 0 Å². The molecule has 150 valence electrons. The van der Waals surface area contributed by atoms with Crippen molar-refractivity contribution in [1.82, 2.24) is 24.9 Å². The summed E-state index contributed by atoms with van der Waals surface area (Å²) in [5, 5.41) is 15.6. The van der Waals surface area contributed by atoms with Crippen LogP contribution in [-0.2, 0) is 0 Å². The molecule has 0 atom stereocenters. The summed E-state index contributed by atoms with van der Waals surface area (Å²) in [7, 11) is 0. The van der Waals surface area contributed by atoms with Gasteiger partial charge in [-0.3, -0.25) is 0 Å². The third kappa shape index (κ3) is 4.18. The fraction of sp³-hybridized carbons (Fsp3) is 0.300. The highest BCUT2D eigenvalue weighted by Gasteiger charge is 2.22. The van der Waals surface area contributed by atoms with E-state index in [1.807, 2.05) is 31.3 Å². The number of aromatic nitrogens is 4. The van der Waals surface area contributed by atoms with Gasteiger partial charge in [-0.05, 0) is 49.7 Å². The van der Waals surface area contributed by atoms with Gasteiger partial charge < -0.3 is 15.1 Å². The number of amides is 2. The summed E-state index contributed by atoms with van der Waals surface area (Å²) in [6, 6.07) is 10.1. The highest BCUT2D eigenvalue weighted by Crippen LogP contribution is 2.17. The van der Waals surface area contributed by atoms with E-state index in [9.17, 15) is 9.18 Å². The van der Waals surface area contributed by atoms with Crippen molar-refractivity contribution in [3.63, 3.8) is 0 Å². The maximum Gasteiger partial charge on any atom is 0.321 e. The van der Waals surface area contributed by atoms with Gasteiger partial charge in [0.15, 0.2) is 11.6 Å². The van der Waals surface area contributed by atoms with Gasteiger partial charge in [-0.1, -0.05) is 6.07 Å². The summed E-state index contributed by atoms with van der Waals surface area (Å²) in [6.45, 7) is 5.98. The van der Waals surface area contributed by atoms with Gasteiger partial charge in [0, 0.05) is 38.1 Å². The van der Waals surface area contributed by atoms with Gasteiger partial charge in [0.2, 0.25) is 0 Å². The van der Waals surface area contributed by atoms with Gasteiger partial charge in [-0.2, -0.15) is 5.10 Å². The molecule has 3 heterocycles. The van der Waals surface area contributed by atoms with Crippen LogP contribution >= 0.6 is 0 Å². The minimum atomic E-state index is -0.333. The lowest BCUT2D eigenvalue weighted by Crippen LogP contribution is -2.50. The molecule has 0 radical (unpaired) electrons. The fourth-order valence-electron chi connectivity index (χ4n) is 3.16. The van der Waals surface area contributed by atoms with E-state index in [1.165, 1.54) is 6.07 Å².